The molecule has 76 valence electrons. The van der Waals surface area contributed by atoms with Crippen molar-refractivity contribution in [2.24, 2.45) is 0 Å². The van der Waals surface area contributed by atoms with Crippen molar-refractivity contribution in [1.29, 1.82) is 0 Å². The Kier molecular flexibility index (Phi) is 2.46. The fourth-order valence-corrected chi connectivity index (χ4v) is 1.75. The summed E-state index contributed by atoms with van der Waals surface area (Å²) in [5, 5.41) is 2.27. The molecule has 15 heavy (non-hydrogen) atoms. The molecule has 0 spiro atoms. The summed E-state index contributed by atoms with van der Waals surface area (Å²) in [6, 6.07) is 6.21. The van der Waals surface area contributed by atoms with E-state index < -0.39 is 0 Å². The van der Waals surface area contributed by atoms with E-state index in [0.717, 1.165) is 21.6 Å². The molecule has 0 amide bonds. The number of hydrogen-bond donors (Lipinski definition) is 0. The largest absolute Gasteiger partial charge is 0.456 e. The third-order valence-electron chi connectivity index (χ3n) is 2.46. The quantitative estimate of drug-likeness (QED) is 0.686. The standard InChI is InChI=1S/C14H14O/c1-4-6-11-12-9-10(3)7-8-14(12)15-13(11)5-2/h4-9H,1H2,2-3H3/b11-6-,13-5+. The van der Waals surface area contributed by atoms with Crippen molar-refractivity contribution >= 4 is 23.1 Å². The lowest BCUT2D eigenvalue weighted by Gasteiger charge is -1.90. The molecule has 0 bridgehead atoms. The van der Waals surface area contributed by atoms with Crippen LogP contribution in [-0.4, -0.2) is 0 Å². The van der Waals surface area contributed by atoms with Gasteiger partial charge in [0, 0.05) is 10.6 Å². The maximum absolute atomic E-state index is 5.72. The molecule has 1 heterocycles. The van der Waals surface area contributed by atoms with Crippen LogP contribution < -0.4 is 10.6 Å². The molecule has 0 aliphatic rings. The normalized spacial score (nSPS) is 13.7. The van der Waals surface area contributed by atoms with Crippen LogP contribution in [-0.2, 0) is 0 Å². The highest BCUT2D eigenvalue weighted by Crippen LogP contribution is 2.10. The predicted molar refractivity (Wildman–Crippen MR) is 65.0 cm³/mol. The molecule has 0 radical (unpaired) electrons. The first-order valence-electron chi connectivity index (χ1n) is 5.04. The number of hydrogen-bond acceptors (Lipinski definition) is 1. The van der Waals surface area contributed by atoms with Gasteiger partial charge in [0.25, 0.3) is 0 Å². The Morgan fingerprint density at radius 3 is 2.80 bits per heavy atom. The smallest absolute Gasteiger partial charge is 0.135 e. The van der Waals surface area contributed by atoms with Gasteiger partial charge in [-0.2, -0.15) is 0 Å². The summed E-state index contributed by atoms with van der Waals surface area (Å²) < 4.78 is 5.72. The Morgan fingerprint density at radius 1 is 1.33 bits per heavy atom. The zero-order valence-corrected chi connectivity index (χ0v) is 9.08. The zero-order valence-electron chi connectivity index (χ0n) is 9.08. The molecule has 0 aliphatic heterocycles. The molecule has 0 aliphatic carbocycles. The van der Waals surface area contributed by atoms with Crippen molar-refractivity contribution in [2.45, 2.75) is 13.8 Å². The van der Waals surface area contributed by atoms with Gasteiger partial charge in [-0.25, -0.2) is 0 Å². The molecule has 0 fully saturated rings. The lowest BCUT2D eigenvalue weighted by Crippen LogP contribution is -2.18. The lowest BCUT2D eigenvalue weighted by molar-refractivity contribution is 0.575. The summed E-state index contributed by atoms with van der Waals surface area (Å²) in [5.74, 6) is 0. The van der Waals surface area contributed by atoms with Crippen molar-refractivity contribution in [3.63, 3.8) is 0 Å². The minimum atomic E-state index is 0.912. The zero-order chi connectivity index (χ0) is 10.8. The molecule has 1 heteroatoms. The van der Waals surface area contributed by atoms with Crippen molar-refractivity contribution in [2.75, 3.05) is 0 Å². The van der Waals surface area contributed by atoms with Gasteiger partial charge < -0.3 is 4.42 Å². The first-order valence-corrected chi connectivity index (χ1v) is 5.04. The maximum Gasteiger partial charge on any atom is 0.135 e. The van der Waals surface area contributed by atoms with E-state index in [4.69, 9.17) is 4.42 Å². The van der Waals surface area contributed by atoms with Gasteiger partial charge in [0.2, 0.25) is 0 Å². The number of furan rings is 1. The Hall–Kier alpha value is -1.76. The summed E-state index contributed by atoms with van der Waals surface area (Å²) in [7, 11) is 0. The second-order valence-corrected chi connectivity index (χ2v) is 3.57. The second kappa shape index (κ2) is 3.77. The molecule has 0 atom stereocenters. The van der Waals surface area contributed by atoms with Gasteiger partial charge in [-0.15, -0.1) is 0 Å². The molecule has 2 aromatic rings. The van der Waals surface area contributed by atoms with Crippen LogP contribution >= 0.6 is 0 Å². The van der Waals surface area contributed by atoms with E-state index >= 15 is 0 Å². The molecule has 2 rings (SSSR count). The summed E-state index contributed by atoms with van der Waals surface area (Å²) in [6.07, 6.45) is 5.75. The van der Waals surface area contributed by atoms with Gasteiger partial charge >= 0.3 is 0 Å². The van der Waals surface area contributed by atoms with E-state index in [1.807, 2.05) is 25.1 Å². The second-order valence-electron chi connectivity index (χ2n) is 3.57. The van der Waals surface area contributed by atoms with Crippen molar-refractivity contribution < 1.29 is 4.42 Å². The van der Waals surface area contributed by atoms with E-state index in [1.54, 1.807) is 6.08 Å². The molecule has 1 aromatic carbocycles. The lowest BCUT2D eigenvalue weighted by atomic mass is 10.1. The maximum atomic E-state index is 5.72. The van der Waals surface area contributed by atoms with Gasteiger partial charge in [-0.1, -0.05) is 30.4 Å². The van der Waals surface area contributed by atoms with Crippen LogP contribution in [0.15, 0.2) is 35.3 Å². The Morgan fingerprint density at radius 2 is 2.13 bits per heavy atom. The van der Waals surface area contributed by atoms with Crippen molar-refractivity contribution in [3.05, 3.63) is 47.1 Å². The summed E-state index contributed by atoms with van der Waals surface area (Å²) in [4.78, 5) is 0. The Labute approximate surface area is 89.0 Å². The van der Waals surface area contributed by atoms with Crippen LogP contribution in [0.25, 0.3) is 23.1 Å². The van der Waals surface area contributed by atoms with Gasteiger partial charge in [0.05, 0.1) is 0 Å². The fraction of sp³-hybridized carbons (Fsp3) is 0.143. The minimum Gasteiger partial charge on any atom is -0.456 e. The molecule has 0 N–H and O–H groups in total. The van der Waals surface area contributed by atoms with Crippen LogP contribution in [0.2, 0.25) is 0 Å². The van der Waals surface area contributed by atoms with Crippen molar-refractivity contribution in [3.8, 4) is 0 Å². The monoisotopic (exact) mass is 198 g/mol. The topological polar surface area (TPSA) is 13.1 Å². The summed E-state index contributed by atoms with van der Waals surface area (Å²) >= 11 is 0. The van der Waals surface area contributed by atoms with Crippen LogP contribution in [0, 0.1) is 6.92 Å². The molecule has 0 saturated heterocycles. The fourth-order valence-electron chi connectivity index (χ4n) is 1.75. The summed E-state index contributed by atoms with van der Waals surface area (Å²) in [5.41, 5.74) is 3.09. The minimum absolute atomic E-state index is 0.912. The molecule has 0 saturated carbocycles. The van der Waals surface area contributed by atoms with Crippen LogP contribution in [0.5, 0.6) is 0 Å². The van der Waals surface area contributed by atoms with Gasteiger partial charge in [0.1, 0.15) is 11.0 Å². The highest BCUT2D eigenvalue weighted by Gasteiger charge is 2.01. The van der Waals surface area contributed by atoms with Gasteiger partial charge in [-0.3, -0.25) is 0 Å². The first kappa shape index (κ1) is 9.78. The van der Waals surface area contributed by atoms with Crippen LogP contribution in [0.4, 0.5) is 0 Å². The van der Waals surface area contributed by atoms with E-state index in [1.165, 1.54) is 5.56 Å². The number of aryl methyl sites for hydroxylation is 1. The predicted octanol–water partition coefficient (Wildman–Crippen LogP) is 2.51. The number of rotatable bonds is 1. The average molecular weight is 198 g/mol. The highest BCUT2D eigenvalue weighted by atomic mass is 16.3. The highest BCUT2D eigenvalue weighted by molar-refractivity contribution is 5.80. The Bertz CT molecular complexity index is 615. The molecular weight excluding hydrogens is 184 g/mol. The van der Waals surface area contributed by atoms with Crippen LogP contribution in [0.3, 0.4) is 0 Å². The van der Waals surface area contributed by atoms with E-state index in [2.05, 4.69) is 25.6 Å². The third-order valence-corrected chi connectivity index (χ3v) is 2.46. The third kappa shape index (κ3) is 1.61. The molecule has 1 aromatic heterocycles. The number of allylic oxidation sites excluding steroid dienone is 1. The molecule has 0 unspecified atom stereocenters. The first-order chi connectivity index (χ1) is 7.26. The van der Waals surface area contributed by atoms with Gasteiger partial charge in [0.15, 0.2) is 0 Å². The van der Waals surface area contributed by atoms with E-state index in [-0.39, 0.29) is 0 Å². The van der Waals surface area contributed by atoms with Crippen LogP contribution in [0.1, 0.15) is 12.5 Å². The average Bonchev–Trinajstić information content (AvgIpc) is 2.57. The van der Waals surface area contributed by atoms with E-state index in [0.29, 0.717) is 0 Å². The number of fused-ring (bicyclic) bond motifs is 1. The van der Waals surface area contributed by atoms with E-state index in [9.17, 15) is 0 Å². The van der Waals surface area contributed by atoms with Crippen molar-refractivity contribution in [1.82, 2.24) is 0 Å². The summed E-state index contributed by atoms with van der Waals surface area (Å²) in [6.45, 7) is 7.79. The van der Waals surface area contributed by atoms with Gasteiger partial charge in [-0.05, 0) is 32.1 Å². The number of benzene rings is 1. The SMILES string of the molecule is C=C/C=c1\c(=C/C)oc2ccc(C)cc12. The molecule has 1 nitrogen and oxygen atoms in total. The Balaban J connectivity index is 3.02. The molecular formula is C14H14O.